The summed E-state index contributed by atoms with van der Waals surface area (Å²) in [5.74, 6) is 0.789. The molecular weight excluding hydrogens is 256 g/mol. The Morgan fingerprint density at radius 2 is 2.35 bits per heavy atom. The summed E-state index contributed by atoms with van der Waals surface area (Å²) in [5.41, 5.74) is 7.21. The number of aliphatic hydroxyl groups excluding tert-OH is 1. The molecule has 5 N–H and O–H groups in total. The van der Waals surface area contributed by atoms with Gasteiger partial charge in [0.25, 0.3) is 0 Å². The number of rotatable bonds is 7. The van der Waals surface area contributed by atoms with Crippen LogP contribution in [0.5, 0.6) is 0 Å². The van der Waals surface area contributed by atoms with E-state index in [9.17, 15) is 0 Å². The fourth-order valence-electron chi connectivity index (χ4n) is 1.93. The molecule has 20 heavy (non-hydrogen) atoms. The van der Waals surface area contributed by atoms with Gasteiger partial charge in [-0.05, 0) is 6.07 Å². The maximum absolute atomic E-state index is 8.87. The van der Waals surface area contributed by atoms with Crippen LogP contribution < -0.4 is 20.9 Å². The molecule has 2 aromatic rings. The molecule has 108 valence electrons. The number of aromatic nitrogens is 3. The average molecular weight is 277 g/mol. The number of aliphatic hydroxyl groups is 1. The van der Waals surface area contributed by atoms with E-state index >= 15 is 0 Å². The van der Waals surface area contributed by atoms with Crippen molar-refractivity contribution in [3.05, 3.63) is 31.0 Å². The summed E-state index contributed by atoms with van der Waals surface area (Å²) in [6.45, 7) is 2.32. The zero-order valence-corrected chi connectivity index (χ0v) is 11.6. The van der Waals surface area contributed by atoms with Gasteiger partial charge in [0.2, 0.25) is 6.33 Å². The van der Waals surface area contributed by atoms with Gasteiger partial charge in [-0.3, -0.25) is 0 Å². The van der Waals surface area contributed by atoms with Gasteiger partial charge >= 0.3 is 0 Å². The second-order valence-electron chi connectivity index (χ2n) is 4.45. The molecule has 0 saturated heterocycles. The summed E-state index contributed by atoms with van der Waals surface area (Å²) in [6.07, 6.45) is 7.52. The van der Waals surface area contributed by atoms with Gasteiger partial charge < -0.3 is 21.5 Å². The monoisotopic (exact) mass is 277 g/mol. The first-order valence-electron chi connectivity index (χ1n) is 6.55. The van der Waals surface area contributed by atoms with Crippen molar-refractivity contribution in [3.8, 4) is 0 Å². The van der Waals surface area contributed by atoms with Crippen LogP contribution in [-0.4, -0.2) is 34.9 Å². The predicted molar refractivity (Wildman–Crippen MR) is 78.4 cm³/mol. The standard InChI is InChI=1S/C13H21N6O/c1-15-12-8-11(14)9-17-13(12)16-2-3-18-4-5-19(10-18)6-7-20/h4-5,8-10,15,20H,2-3,6-7,14H2,1H3,(H,16,17)/q+1. The number of nitrogens with two attached hydrogens (primary N) is 1. The van der Waals surface area contributed by atoms with Gasteiger partial charge in [-0.2, -0.15) is 0 Å². The minimum absolute atomic E-state index is 0.147. The number of anilines is 3. The van der Waals surface area contributed by atoms with E-state index < -0.39 is 0 Å². The van der Waals surface area contributed by atoms with Gasteiger partial charge in [0, 0.05) is 7.05 Å². The minimum atomic E-state index is 0.147. The van der Waals surface area contributed by atoms with E-state index in [0.29, 0.717) is 12.2 Å². The highest BCUT2D eigenvalue weighted by Gasteiger charge is 2.05. The summed E-state index contributed by atoms with van der Waals surface area (Å²) in [5, 5.41) is 15.2. The summed E-state index contributed by atoms with van der Waals surface area (Å²) >= 11 is 0. The SMILES string of the molecule is CNc1cc(N)cnc1NCCn1cc[n+](CCO)c1. The van der Waals surface area contributed by atoms with E-state index in [2.05, 4.69) is 20.2 Å². The Labute approximate surface area is 118 Å². The Morgan fingerprint density at radius 1 is 1.50 bits per heavy atom. The number of nitrogens with zero attached hydrogens (tertiary/aromatic N) is 3. The van der Waals surface area contributed by atoms with Crippen molar-refractivity contribution in [2.45, 2.75) is 13.1 Å². The zero-order valence-electron chi connectivity index (χ0n) is 11.6. The molecule has 0 bridgehead atoms. The first-order chi connectivity index (χ1) is 9.72. The van der Waals surface area contributed by atoms with Crippen LogP contribution in [0.3, 0.4) is 0 Å². The lowest BCUT2D eigenvalue weighted by molar-refractivity contribution is -0.697. The second-order valence-corrected chi connectivity index (χ2v) is 4.45. The van der Waals surface area contributed by atoms with Crippen molar-refractivity contribution >= 4 is 17.2 Å². The van der Waals surface area contributed by atoms with Gasteiger partial charge in [-0.25, -0.2) is 14.1 Å². The smallest absolute Gasteiger partial charge is 0.243 e. The molecule has 0 radical (unpaired) electrons. The summed E-state index contributed by atoms with van der Waals surface area (Å²) < 4.78 is 4.00. The normalized spacial score (nSPS) is 10.5. The van der Waals surface area contributed by atoms with E-state index in [-0.39, 0.29) is 6.61 Å². The number of pyridine rings is 1. The van der Waals surface area contributed by atoms with E-state index in [4.69, 9.17) is 10.8 Å². The predicted octanol–water partition coefficient (Wildman–Crippen LogP) is -0.101. The average Bonchev–Trinajstić information content (AvgIpc) is 2.88. The summed E-state index contributed by atoms with van der Waals surface area (Å²) in [7, 11) is 1.84. The van der Waals surface area contributed by atoms with E-state index in [1.165, 1.54) is 0 Å². The number of hydrogen-bond acceptors (Lipinski definition) is 5. The largest absolute Gasteiger partial charge is 0.397 e. The molecule has 2 aromatic heterocycles. The molecule has 0 spiro atoms. The molecule has 0 aliphatic carbocycles. The molecular formula is C13H21N6O+. The summed E-state index contributed by atoms with van der Waals surface area (Å²) in [6, 6.07) is 1.85. The van der Waals surface area contributed by atoms with Crippen molar-refractivity contribution in [3.63, 3.8) is 0 Å². The van der Waals surface area contributed by atoms with Crippen molar-refractivity contribution in [2.75, 3.05) is 36.6 Å². The molecule has 0 aromatic carbocycles. The van der Waals surface area contributed by atoms with Crippen LogP contribution in [0.2, 0.25) is 0 Å². The zero-order chi connectivity index (χ0) is 14.4. The van der Waals surface area contributed by atoms with Crippen LogP contribution in [0.4, 0.5) is 17.2 Å². The van der Waals surface area contributed by atoms with E-state index in [0.717, 1.165) is 24.6 Å². The van der Waals surface area contributed by atoms with Crippen molar-refractivity contribution in [1.29, 1.82) is 0 Å². The molecule has 2 rings (SSSR count). The van der Waals surface area contributed by atoms with Crippen LogP contribution in [0, 0.1) is 0 Å². The van der Waals surface area contributed by atoms with Gasteiger partial charge in [-0.1, -0.05) is 0 Å². The Bertz CT molecular complexity index is 554. The lowest BCUT2D eigenvalue weighted by Crippen LogP contribution is -2.33. The third-order valence-corrected chi connectivity index (χ3v) is 2.95. The fourth-order valence-corrected chi connectivity index (χ4v) is 1.93. The van der Waals surface area contributed by atoms with Crippen LogP contribution >= 0.6 is 0 Å². The van der Waals surface area contributed by atoms with Gasteiger partial charge in [-0.15, -0.1) is 0 Å². The molecule has 0 atom stereocenters. The highest BCUT2D eigenvalue weighted by atomic mass is 16.3. The highest BCUT2D eigenvalue weighted by molar-refractivity contribution is 5.68. The number of imidazole rings is 1. The first kappa shape index (κ1) is 14.1. The number of nitrogen functional groups attached to an aromatic ring is 1. The minimum Gasteiger partial charge on any atom is -0.397 e. The lowest BCUT2D eigenvalue weighted by atomic mass is 10.3. The molecule has 2 heterocycles. The molecule has 7 nitrogen and oxygen atoms in total. The molecule has 0 saturated carbocycles. The maximum Gasteiger partial charge on any atom is 0.243 e. The van der Waals surface area contributed by atoms with Gasteiger partial charge in [0.1, 0.15) is 31.3 Å². The van der Waals surface area contributed by atoms with Crippen LogP contribution in [0.1, 0.15) is 0 Å². The summed E-state index contributed by atoms with van der Waals surface area (Å²) in [4.78, 5) is 4.27. The molecule has 0 aliphatic heterocycles. The van der Waals surface area contributed by atoms with Gasteiger partial charge in [0.15, 0.2) is 0 Å². The van der Waals surface area contributed by atoms with Gasteiger partial charge in [0.05, 0.1) is 30.7 Å². The quantitative estimate of drug-likeness (QED) is 0.530. The first-order valence-corrected chi connectivity index (χ1v) is 6.55. The van der Waals surface area contributed by atoms with Crippen LogP contribution in [-0.2, 0) is 13.1 Å². The van der Waals surface area contributed by atoms with Crippen LogP contribution in [0.15, 0.2) is 31.0 Å². The topological polar surface area (TPSA) is 92.0 Å². The molecule has 0 aliphatic rings. The van der Waals surface area contributed by atoms with Crippen molar-refractivity contribution < 1.29 is 9.67 Å². The molecule has 0 unspecified atom stereocenters. The third kappa shape index (κ3) is 3.61. The Hall–Kier alpha value is -2.28. The highest BCUT2D eigenvalue weighted by Crippen LogP contribution is 2.20. The van der Waals surface area contributed by atoms with E-state index in [1.54, 1.807) is 6.20 Å². The Morgan fingerprint density at radius 3 is 3.10 bits per heavy atom. The maximum atomic E-state index is 8.87. The van der Waals surface area contributed by atoms with E-state index in [1.807, 2.05) is 36.4 Å². The molecule has 0 amide bonds. The second kappa shape index (κ2) is 6.76. The van der Waals surface area contributed by atoms with Crippen molar-refractivity contribution in [1.82, 2.24) is 9.55 Å². The Kier molecular flexibility index (Phi) is 4.78. The molecule has 0 fully saturated rings. The molecule has 7 heteroatoms. The fraction of sp³-hybridized carbons (Fsp3) is 0.385. The third-order valence-electron chi connectivity index (χ3n) is 2.95. The number of nitrogens with one attached hydrogen (secondary N) is 2. The lowest BCUT2D eigenvalue weighted by Gasteiger charge is -2.10. The Balaban J connectivity index is 1.89. The number of hydrogen-bond donors (Lipinski definition) is 4. The van der Waals surface area contributed by atoms with Crippen molar-refractivity contribution in [2.24, 2.45) is 0 Å². The van der Waals surface area contributed by atoms with Crippen LogP contribution in [0.25, 0.3) is 0 Å².